The van der Waals surface area contributed by atoms with Crippen molar-refractivity contribution in [2.45, 2.75) is 63.1 Å². The third-order valence-corrected chi connectivity index (χ3v) is 6.60. The maximum absolute atomic E-state index is 13.5. The highest BCUT2D eigenvalue weighted by molar-refractivity contribution is 5.88. The maximum atomic E-state index is 13.5. The molecule has 0 radical (unpaired) electrons. The predicted molar refractivity (Wildman–Crippen MR) is 102 cm³/mol. The van der Waals surface area contributed by atoms with Crippen LogP contribution in [-0.4, -0.2) is 51.2 Å². The number of hydrogen-bond donors (Lipinski definition) is 0. The SMILES string of the molecule is O=C(OCC1CCCN2CCCCC12)c1cc2nc(C3CC3)cc(C(F)(F)F)n2n1. The minimum absolute atomic E-state index is 0.0368. The first kappa shape index (κ1) is 19.8. The summed E-state index contributed by atoms with van der Waals surface area (Å²) in [5.74, 6) is -0.356. The summed E-state index contributed by atoms with van der Waals surface area (Å²) < 4.78 is 46.8. The normalized spacial score (nSPS) is 25.3. The lowest BCUT2D eigenvalue weighted by atomic mass is 9.84. The third-order valence-electron chi connectivity index (χ3n) is 6.60. The van der Waals surface area contributed by atoms with Crippen LogP contribution in [-0.2, 0) is 10.9 Å². The molecule has 0 spiro atoms. The second kappa shape index (κ2) is 7.51. The van der Waals surface area contributed by atoms with Crippen molar-refractivity contribution in [2.24, 2.45) is 5.92 Å². The molecule has 2 aliphatic heterocycles. The fourth-order valence-electron chi connectivity index (χ4n) is 4.91. The average Bonchev–Trinajstić information content (AvgIpc) is 3.49. The smallest absolute Gasteiger partial charge is 0.433 e. The fourth-order valence-corrected chi connectivity index (χ4v) is 4.91. The van der Waals surface area contributed by atoms with E-state index in [0.717, 1.165) is 51.3 Å². The van der Waals surface area contributed by atoms with E-state index in [2.05, 4.69) is 15.0 Å². The Hall–Kier alpha value is -2.16. The molecule has 0 amide bonds. The van der Waals surface area contributed by atoms with E-state index >= 15 is 0 Å². The molecule has 5 rings (SSSR count). The van der Waals surface area contributed by atoms with Crippen LogP contribution in [0.15, 0.2) is 12.1 Å². The van der Waals surface area contributed by atoms with E-state index in [4.69, 9.17) is 4.74 Å². The van der Waals surface area contributed by atoms with Crippen molar-refractivity contribution < 1.29 is 22.7 Å². The van der Waals surface area contributed by atoms with Crippen LogP contribution in [0.4, 0.5) is 13.2 Å². The van der Waals surface area contributed by atoms with Crippen LogP contribution in [0.3, 0.4) is 0 Å². The van der Waals surface area contributed by atoms with Gasteiger partial charge in [0.15, 0.2) is 11.3 Å². The second-order valence-corrected chi connectivity index (χ2v) is 8.74. The van der Waals surface area contributed by atoms with E-state index in [9.17, 15) is 18.0 Å². The number of hydrogen-bond acceptors (Lipinski definition) is 5. The molecule has 0 aromatic carbocycles. The van der Waals surface area contributed by atoms with Gasteiger partial charge in [0.25, 0.3) is 0 Å². The van der Waals surface area contributed by atoms with Crippen LogP contribution in [0.2, 0.25) is 0 Å². The van der Waals surface area contributed by atoms with Crippen LogP contribution < -0.4 is 0 Å². The zero-order chi connectivity index (χ0) is 20.9. The lowest BCUT2D eigenvalue weighted by molar-refractivity contribution is -0.142. The molecule has 3 fully saturated rings. The molecule has 30 heavy (non-hydrogen) atoms. The van der Waals surface area contributed by atoms with E-state index in [1.54, 1.807) is 0 Å². The Morgan fingerprint density at radius 3 is 2.67 bits per heavy atom. The van der Waals surface area contributed by atoms with Gasteiger partial charge in [-0.1, -0.05) is 6.42 Å². The molecule has 1 aliphatic carbocycles. The summed E-state index contributed by atoms with van der Waals surface area (Å²) in [4.78, 5) is 19.4. The van der Waals surface area contributed by atoms with Crippen LogP contribution in [0.25, 0.3) is 5.65 Å². The number of rotatable bonds is 4. The predicted octanol–water partition coefficient (Wildman–Crippen LogP) is 4.05. The summed E-state index contributed by atoms with van der Waals surface area (Å²) in [7, 11) is 0. The van der Waals surface area contributed by atoms with Crippen molar-refractivity contribution in [3.63, 3.8) is 0 Å². The van der Waals surface area contributed by atoms with Crippen LogP contribution in [0.5, 0.6) is 0 Å². The van der Waals surface area contributed by atoms with Crippen LogP contribution in [0.1, 0.15) is 72.7 Å². The van der Waals surface area contributed by atoms with Gasteiger partial charge in [0.2, 0.25) is 0 Å². The van der Waals surface area contributed by atoms with Gasteiger partial charge in [-0.05, 0) is 57.7 Å². The molecule has 2 unspecified atom stereocenters. The van der Waals surface area contributed by atoms with Crippen LogP contribution >= 0.6 is 0 Å². The highest BCUT2D eigenvalue weighted by Crippen LogP contribution is 2.41. The first-order valence-electron chi connectivity index (χ1n) is 10.8. The molecule has 3 aliphatic rings. The Balaban J connectivity index is 1.35. The summed E-state index contributed by atoms with van der Waals surface area (Å²) in [6.45, 7) is 2.47. The Labute approximate surface area is 172 Å². The molecule has 9 heteroatoms. The van der Waals surface area contributed by atoms with Crippen molar-refractivity contribution in [2.75, 3.05) is 19.7 Å². The zero-order valence-corrected chi connectivity index (χ0v) is 16.7. The lowest BCUT2D eigenvalue weighted by Gasteiger charge is -2.44. The molecule has 2 aromatic rings. The van der Waals surface area contributed by atoms with E-state index in [-0.39, 0.29) is 29.8 Å². The monoisotopic (exact) mass is 422 g/mol. The largest absolute Gasteiger partial charge is 0.461 e. The van der Waals surface area contributed by atoms with E-state index in [1.807, 2.05) is 0 Å². The van der Waals surface area contributed by atoms with Crippen molar-refractivity contribution in [3.8, 4) is 0 Å². The number of esters is 1. The molecule has 1 saturated carbocycles. The van der Waals surface area contributed by atoms with Gasteiger partial charge in [-0.2, -0.15) is 18.3 Å². The molecule has 2 aromatic heterocycles. The fraction of sp³-hybridized carbons (Fsp3) is 0.667. The van der Waals surface area contributed by atoms with Crippen LogP contribution in [0, 0.1) is 5.92 Å². The van der Waals surface area contributed by atoms with Gasteiger partial charge in [0, 0.05) is 29.6 Å². The maximum Gasteiger partial charge on any atom is 0.433 e. The molecule has 2 atom stereocenters. The number of halogens is 3. The summed E-state index contributed by atoms with van der Waals surface area (Å²) >= 11 is 0. The number of carbonyl (C=O) groups excluding carboxylic acids is 1. The summed E-state index contributed by atoms with van der Waals surface area (Å²) in [5, 5.41) is 3.89. The lowest BCUT2D eigenvalue weighted by Crippen LogP contribution is -2.49. The summed E-state index contributed by atoms with van der Waals surface area (Å²) in [6.07, 6.45) is 2.69. The van der Waals surface area contributed by atoms with Gasteiger partial charge < -0.3 is 4.74 Å². The first-order chi connectivity index (χ1) is 14.4. The molecule has 2 saturated heterocycles. The van der Waals surface area contributed by atoms with Crippen molar-refractivity contribution >= 4 is 11.6 Å². The summed E-state index contributed by atoms with van der Waals surface area (Å²) in [5.41, 5.74) is -0.583. The number of alkyl halides is 3. The quantitative estimate of drug-likeness (QED) is 0.696. The second-order valence-electron chi connectivity index (χ2n) is 8.74. The topological polar surface area (TPSA) is 59.7 Å². The average molecular weight is 422 g/mol. The molecular weight excluding hydrogens is 397 g/mol. The Morgan fingerprint density at radius 1 is 1.10 bits per heavy atom. The van der Waals surface area contributed by atoms with Gasteiger partial charge in [-0.25, -0.2) is 14.3 Å². The Kier molecular flexibility index (Phi) is 4.95. The number of piperidine rings is 2. The summed E-state index contributed by atoms with van der Waals surface area (Å²) in [6, 6.07) is 2.78. The highest BCUT2D eigenvalue weighted by atomic mass is 19.4. The van der Waals surface area contributed by atoms with E-state index in [0.29, 0.717) is 16.3 Å². The minimum Gasteiger partial charge on any atom is -0.461 e. The van der Waals surface area contributed by atoms with Crippen molar-refractivity contribution in [3.05, 3.63) is 29.2 Å². The van der Waals surface area contributed by atoms with Crippen molar-refractivity contribution in [1.82, 2.24) is 19.5 Å². The molecule has 162 valence electrons. The van der Waals surface area contributed by atoms with Gasteiger partial charge in [-0.3, -0.25) is 4.90 Å². The van der Waals surface area contributed by atoms with Gasteiger partial charge in [-0.15, -0.1) is 0 Å². The van der Waals surface area contributed by atoms with Gasteiger partial charge in [0.1, 0.15) is 5.69 Å². The number of nitrogens with zero attached hydrogens (tertiary/aromatic N) is 4. The van der Waals surface area contributed by atoms with Crippen molar-refractivity contribution in [1.29, 1.82) is 0 Å². The highest BCUT2D eigenvalue weighted by Gasteiger charge is 2.38. The molecule has 4 heterocycles. The number of aromatic nitrogens is 3. The molecular formula is C21H25F3N4O2. The number of ether oxygens (including phenoxy) is 1. The third kappa shape index (κ3) is 3.79. The van der Waals surface area contributed by atoms with E-state index < -0.39 is 17.8 Å². The Bertz CT molecular complexity index is 952. The Morgan fingerprint density at radius 2 is 1.90 bits per heavy atom. The molecule has 0 N–H and O–H groups in total. The zero-order valence-electron chi connectivity index (χ0n) is 16.7. The van der Waals surface area contributed by atoms with Gasteiger partial charge in [0.05, 0.1) is 6.61 Å². The first-order valence-corrected chi connectivity index (χ1v) is 10.8. The number of carbonyl (C=O) groups is 1. The number of fused-ring (bicyclic) bond motifs is 2. The standard InChI is InChI=1S/C21H25F3N4O2/c22-21(23,24)18-10-15(13-6-7-13)25-19-11-16(26-28(18)19)20(29)30-12-14-4-3-9-27-8-2-1-5-17(14)27/h10-11,13-14,17H,1-9,12H2. The molecule has 0 bridgehead atoms. The molecule has 6 nitrogen and oxygen atoms in total. The van der Waals surface area contributed by atoms with E-state index in [1.165, 1.54) is 18.9 Å². The van der Waals surface area contributed by atoms with Gasteiger partial charge >= 0.3 is 12.1 Å². The minimum atomic E-state index is -4.58.